The highest BCUT2D eigenvalue weighted by atomic mass is 19.3. The van der Waals surface area contributed by atoms with Gasteiger partial charge in [0.1, 0.15) is 5.82 Å². The number of carbonyl (C=O) groups excluding carboxylic acids is 1. The van der Waals surface area contributed by atoms with Gasteiger partial charge in [-0.25, -0.2) is 13.8 Å². The molecular formula is C18H20F2N4O. The van der Waals surface area contributed by atoms with E-state index in [-0.39, 0.29) is 24.3 Å². The Kier molecular flexibility index (Phi) is 4.67. The van der Waals surface area contributed by atoms with E-state index < -0.39 is 11.8 Å². The lowest BCUT2D eigenvalue weighted by Gasteiger charge is -2.32. The number of rotatable bonds is 4. The van der Waals surface area contributed by atoms with Gasteiger partial charge in [0.05, 0.1) is 12.1 Å². The number of pyridine rings is 1. The largest absolute Gasteiger partial charge is 0.383 e. The molecular weight excluding hydrogens is 326 g/mol. The van der Waals surface area contributed by atoms with Gasteiger partial charge < -0.3 is 11.5 Å². The van der Waals surface area contributed by atoms with Crippen molar-refractivity contribution < 1.29 is 13.6 Å². The van der Waals surface area contributed by atoms with E-state index in [9.17, 15) is 13.6 Å². The molecule has 1 fully saturated rings. The molecule has 0 saturated carbocycles. The van der Waals surface area contributed by atoms with E-state index in [0.717, 1.165) is 16.7 Å². The van der Waals surface area contributed by atoms with Gasteiger partial charge in [-0.05, 0) is 30.2 Å². The Labute approximate surface area is 144 Å². The van der Waals surface area contributed by atoms with Crippen LogP contribution in [0.2, 0.25) is 0 Å². The van der Waals surface area contributed by atoms with Gasteiger partial charge in [-0.1, -0.05) is 24.3 Å². The number of carbonyl (C=O) groups is 1. The fourth-order valence-electron chi connectivity index (χ4n) is 3.07. The molecule has 1 aliphatic rings. The Hall–Kier alpha value is -2.54. The van der Waals surface area contributed by atoms with Gasteiger partial charge in [-0.15, -0.1) is 0 Å². The van der Waals surface area contributed by atoms with Crippen molar-refractivity contribution >= 4 is 11.7 Å². The van der Waals surface area contributed by atoms with Crippen LogP contribution in [0.3, 0.4) is 0 Å². The summed E-state index contributed by atoms with van der Waals surface area (Å²) in [5.74, 6) is -3.13. The number of likely N-dealkylation sites (tertiary alicyclic amines) is 1. The first-order valence-corrected chi connectivity index (χ1v) is 8.09. The zero-order valence-electron chi connectivity index (χ0n) is 13.7. The van der Waals surface area contributed by atoms with Gasteiger partial charge in [-0.3, -0.25) is 9.69 Å². The second-order valence-corrected chi connectivity index (χ2v) is 6.39. The molecule has 0 radical (unpaired) electrons. The second kappa shape index (κ2) is 6.76. The van der Waals surface area contributed by atoms with Crippen molar-refractivity contribution in [1.82, 2.24) is 9.88 Å². The van der Waals surface area contributed by atoms with Crippen LogP contribution < -0.4 is 11.5 Å². The highest BCUT2D eigenvalue weighted by Gasteiger charge is 2.34. The number of nitrogens with two attached hydrogens (primary N) is 2. The molecule has 1 aromatic heterocycles. The van der Waals surface area contributed by atoms with E-state index in [1.165, 1.54) is 0 Å². The van der Waals surface area contributed by atoms with Crippen molar-refractivity contribution in [1.29, 1.82) is 0 Å². The van der Waals surface area contributed by atoms with E-state index in [0.29, 0.717) is 19.5 Å². The third-order valence-corrected chi connectivity index (χ3v) is 4.35. The molecule has 5 nitrogen and oxygen atoms in total. The van der Waals surface area contributed by atoms with Crippen molar-refractivity contribution in [3.05, 3.63) is 47.7 Å². The van der Waals surface area contributed by atoms with E-state index in [4.69, 9.17) is 11.5 Å². The van der Waals surface area contributed by atoms with Crippen molar-refractivity contribution in [2.75, 3.05) is 18.8 Å². The molecule has 0 unspecified atom stereocenters. The second-order valence-electron chi connectivity index (χ2n) is 6.39. The van der Waals surface area contributed by atoms with Gasteiger partial charge in [0, 0.05) is 24.7 Å². The van der Waals surface area contributed by atoms with E-state index in [1.54, 1.807) is 17.2 Å². The Morgan fingerprint density at radius 3 is 2.60 bits per heavy atom. The lowest BCUT2D eigenvalue weighted by molar-refractivity contribution is -0.0661. The Morgan fingerprint density at radius 2 is 1.96 bits per heavy atom. The number of hydrogen-bond acceptors (Lipinski definition) is 4. The molecule has 1 amide bonds. The number of amides is 1. The maximum absolute atomic E-state index is 13.5. The summed E-state index contributed by atoms with van der Waals surface area (Å²) in [4.78, 5) is 17.1. The van der Waals surface area contributed by atoms with Crippen LogP contribution in [-0.2, 0) is 6.54 Å². The van der Waals surface area contributed by atoms with Crippen molar-refractivity contribution in [3.63, 3.8) is 0 Å². The fraction of sp³-hybridized carbons (Fsp3) is 0.333. The van der Waals surface area contributed by atoms with Crippen LogP contribution in [0.5, 0.6) is 0 Å². The van der Waals surface area contributed by atoms with E-state index >= 15 is 0 Å². The fourth-order valence-corrected chi connectivity index (χ4v) is 3.07. The van der Waals surface area contributed by atoms with Crippen LogP contribution in [0.4, 0.5) is 14.6 Å². The minimum absolute atomic E-state index is 0.0330. The normalized spacial score (nSPS) is 17.4. The van der Waals surface area contributed by atoms with Crippen LogP contribution in [0, 0.1) is 0 Å². The molecule has 7 heteroatoms. The Balaban J connectivity index is 1.74. The van der Waals surface area contributed by atoms with Gasteiger partial charge >= 0.3 is 0 Å². The van der Waals surface area contributed by atoms with E-state index in [1.807, 2.05) is 24.3 Å². The first-order chi connectivity index (χ1) is 11.8. The number of hydrogen-bond donors (Lipinski definition) is 2. The standard InChI is InChI=1S/C18H20F2N4O/c19-18(20)6-1-7-24(11-18)10-12-2-4-13(5-3-12)14-8-15(17(22)25)16(21)23-9-14/h2-5,8-9H,1,6-7,10-11H2,(H2,21,23)(H2,22,25). The highest BCUT2D eigenvalue weighted by molar-refractivity contribution is 5.98. The van der Waals surface area contributed by atoms with Crippen molar-refractivity contribution in [3.8, 4) is 11.1 Å². The van der Waals surface area contributed by atoms with Crippen molar-refractivity contribution in [2.45, 2.75) is 25.3 Å². The average molecular weight is 346 g/mol. The van der Waals surface area contributed by atoms with Crippen molar-refractivity contribution in [2.24, 2.45) is 5.73 Å². The molecule has 0 atom stereocenters. The molecule has 4 N–H and O–H groups in total. The number of benzene rings is 1. The molecule has 1 aliphatic heterocycles. The smallest absolute Gasteiger partial charge is 0.260 e. The van der Waals surface area contributed by atoms with Gasteiger partial charge in [0.2, 0.25) is 0 Å². The number of nitrogen functional groups attached to an aromatic ring is 1. The molecule has 3 rings (SSSR count). The first-order valence-electron chi connectivity index (χ1n) is 8.09. The first kappa shape index (κ1) is 17.3. The summed E-state index contributed by atoms with van der Waals surface area (Å²) in [6.45, 7) is 0.974. The average Bonchev–Trinajstić information content (AvgIpc) is 2.55. The lowest BCUT2D eigenvalue weighted by Crippen LogP contribution is -2.41. The molecule has 0 spiro atoms. The van der Waals surface area contributed by atoms with Gasteiger partial charge in [0.15, 0.2) is 0 Å². The SMILES string of the molecule is NC(=O)c1cc(-c2ccc(CN3CCCC(F)(F)C3)cc2)cnc1N. The maximum atomic E-state index is 13.5. The predicted octanol–water partition coefficient (Wildman–Crippen LogP) is 2.66. The summed E-state index contributed by atoms with van der Waals surface area (Å²) in [5, 5.41) is 0. The molecule has 2 heterocycles. The predicted molar refractivity (Wildman–Crippen MR) is 92.1 cm³/mol. The van der Waals surface area contributed by atoms with Crippen LogP contribution in [0.1, 0.15) is 28.8 Å². The van der Waals surface area contributed by atoms with Crippen LogP contribution in [0.25, 0.3) is 11.1 Å². The minimum Gasteiger partial charge on any atom is -0.383 e. The number of anilines is 1. The zero-order chi connectivity index (χ0) is 18.0. The Morgan fingerprint density at radius 1 is 1.24 bits per heavy atom. The maximum Gasteiger partial charge on any atom is 0.260 e. The molecule has 1 saturated heterocycles. The number of halogens is 2. The molecule has 0 bridgehead atoms. The third kappa shape index (κ3) is 4.11. The van der Waals surface area contributed by atoms with Crippen LogP contribution in [-0.4, -0.2) is 34.8 Å². The molecule has 132 valence electrons. The molecule has 25 heavy (non-hydrogen) atoms. The number of alkyl halides is 2. The number of primary amides is 1. The summed E-state index contributed by atoms with van der Waals surface area (Å²) in [5.41, 5.74) is 13.6. The zero-order valence-corrected chi connectivity index (χ0v) is 13.7. The molecule has 0 aliphatic carbocycles. The monoisotopic (exact) mass is 346 g/mol. The van der Waals surface area contributed by atoms with Crippen LogP contribution in [0.15, 0.2) is 36.5 Å². The summed E-state index contributed by atoms with van der Waals surface area (Å²) in [7, 11) is 0. The summed E-state index contributed by atoms with van der Waals surface area (Å²) in [6, 6.07) is 9.13. The van der Waals surface area contributed by atoms with Gasteiger partial charge in [0.25, 0.3) is 11.8 Å². The Bertz CT molecular complexity index is 777. The summed E-state index contributed by atoms with van der Waals surface area (Å²) in [6.07, 6.45) is 2.05. The number of piperidine rings is 1. The van der Waals surface area contributed by atoms with E-state index in [2.05, 4.69) is 4.98 Å². The highest BCUT2D eigenvalue weighted by Crippen LogP contribution is 2.28. The number of aromatic nitrogens is 1. The molecule has 2 aromatic rings. The minimum atomic E-state index is -2.60. The summed E-state index contributed by atoms with van der Waals surface area (Å²) < 4.78 is 27.0. The number of nitrogens with zero attached hydrogens (tertiary/aromatic N) is 2. The topological polar surface area (TPSA) is 85.2 Å². The quantitative estimate of drug-likeness (QED) is 0.891. The van der Waals surface area contributed by atoms with Crippen LogP contribution >= 0.6 is 0 Å². The molecule has 1 aromatic carbocycles. The summed E-state index contributed by atoms with van der Waals surface area (Å²) >= 11 is 0. The lowest BCUT2D eigenvalue weighted by atomic mass is 10.0. The third-order valence-electron chi connectivity index (χ3n) is 4.35. The van der Waals surface area contributed by atoms with Gasteiger partial charge in [-0.2, -0.15) is 0 Å².